The zero-order valence-electron chi connectivity index (χ0n) is 8.10. The van der Waals surface area contributed by atoms with Crippen LogP contribution in [0.4, 0.5) is 0 Å². The molecule has 0 fully saturated rings. The van der Waals surface area contributed by atoms with E-state index in [9.17, 15) is 0 Å². The Balaban J connectivity index is 2.09. The topological polar surface area (TPSA) is 34.0 Å². The number of ether oxygens (including phenoxy) is 1. The lowest BCUT2D eigenvalue weighted by Crippen LogP contribution is -2.24. The van der Waals surface area contributed by atoms with Gasteiger partial charge in [-0.25, -0.2) is 0 Å². The normalized spacial score (nSPS) is 28.1. The number of azo groups is 1. The molecule has 0 radical (unpaired) electrons. The Hall–Kier alpha value is -1.38. The van der Waals surface area contributed by atoms with Gasteiger partial charge in [-0.3, -0.25) is 0 Å². The number of nitrogens with zero attached hydrogens (tertiary/aromatic N) is 2. The van der Waals surface area contributed by atoms with E-state index in [-0.39, 0.29) is 6.04 Å². The molecule has 3 rings (SSSR count). The zero-order chi connectivity index (χ0) is 9.54. The third-order valence-electron chi connectivity index (χ3n) is 2.91. The van der Waals surface area contributed by atoms with Crippen LogP contribution in [0.2, 0.25) is 0 Å². The number of hydrogen-bond acceptors (Lipinski definition) is 3. The SMILES string of the molecule is Cc1ccc2c(c1)OCC1CN=NC21. The van der Waals surface area contributed by atoms with Crippen molar-refractivity contribution < 1.29 is 4.74 Å². The van der Waals surface area contributed by atoms with Gasteiger partial charge in [0.1, 0.15) is 11.8 Å². The highest BCUT2D eigenvalue weighted by atomic mass is 16.5. The molecule has 0 spiro atoms. The maximum Gasteiger partial charge on any atom is 0.125 e. The molecular weight excluding hydrogens is 176 g/mol. The van der Waals surface area contributed by atoms with Crippen LogP contribution in [0.25, 0.3) is 0 Å². The van der Waals surface area contributed by atoms with Crippen molar-refractivity contribution in [3.63, 3.8) is 0 Å². The van der Waals surface area contributed by atoms with Gasteiger partial charge in [0.05, 0.1) is 13.2 Å². The van der Waals surface area contributed by atoms with E-state index < -0.39 is 0 Å². The molecule has 0 aromatic heterocycles. The fourth-order valence-corrected chi connectivity index (χ4v) is 2.10. The Kier molecular flexibility index (Phi) is 1.60. The van der Waals surface area contributed by atoms with Crippen LogP contribution in [0, 0.1) is 12.8 Å². The van der Waals surface area contributed by atoms with Crippen LogP contribution < -0.4 is 4.74 Å². The number of fused-ring (bicyclic) bond motifs is 3. The molecule has 2 unspecified atom stereocenters. The monoisotopic (exact) mass is 188 g/mol. The highest BCUT2D eigenvalue weighted by Gasteiger charge is 2.33. The van der Waals surface area contributed by atoms with Gasteiger partial charge in [0.2, 0.25) is 0 Å². The Morgan fingerprint density at radius 3 is 3.29 bits per heavy atom. The first-order chi connectivity index (χ1) is 6.84. The van der Waals surface area contributed by atoms with Gasteiger partial charge in [-0.2, -0.15) is 10.2 Å². The number of aryl methyl sites for hydroxylation is 1. The van der Waals surface area contributed by atoms with E-state index in [0.717, 1.165) is 18.9 Å². The highest BCUT2D eigenvalue weighted by molar-refractivity contribution is 5.41. The number of rotatable bonds is 0. The number of hydrogen-bond donors (Lipinski definition) is 0. The van der Waals surface area contributed by atoms with Crippen molar-refractivity contribution in [2.75, 3.05) is 13.2 Å². The molecule has 0 saturated heterocycles. The third-order valence-corrected chi connectivity index (χ3v) is 2.91. The van der Waals surface area contributed by atoms with E-state index in [2.05, 4.69) is 35.4 Å². The van der Waals surface area contributed by atoms with Gasteiger partial charge in [0.15, 0.2) is 0 Å². The quantitative estimate of drug-likeness (QED) is 0.616. The molecule has 2 atom stereocenters. The van der Waals surface area contributed by atoms with Crippen molar-refractivity contribution in [2.45, 2.75) is 13.0 Å². The van der Waals surface area contributed by atoms with Gasteiger partial charge in [0, 0.05) is 11.5 Å². The van der Waals surface area contributed by atoms with Gasteiger partial charge in [-0.05, 0) is 18.6 Å². The average molecular weight is 188 g/mol. The minimum atomic E-state index is 0.249. The van der Waals surface area contributed by atoms with Crippen molar-refractivity contribution in [3.05, 3.63) is 29.3 Å². The van der Waals surface area contributed by atoms with Crippen LogP contribution in [-0.4, -0.2) is 13.2 Å². The molecule has 1 aromatic carbocycles. The molecular formula is C11H12N2O. The van der Waals surface area contributed by atoms with Gasteiger partial charge in [-0.1, -0.05) is 12.1 Å². The van der Waals surface area contributed by atoms with E-state index in [1.807, 2.05) is 0 Å². The smallest absolute Gasteiger partial charge is 0.125 e. The molecule has 3 heteroatoms. The summed E-state index contributed by atoms with van der Waals surface area (Å²) in [4.78, 5) is 0. The second-order valence-electron chi connectivity index (χ2n) is 4.00. The van der Waals surface area contributed by atoms with Gasteiger partial charge in [0.25, 0.3) is 0 Å². The molecule has 0 amide bonds. The summed E-state index contributed by atoms with van der Waals surface area (Å²) >= 11 is 0. The Morgan fingerprint density at radius 2 is 2.36 bits per heavy atom. The maximum absolute atomic E-state index is 5.70. The van der Waals surface area contributed by atoms with E-state index >= 15 is 0 Å². The van der Waals surface area contributed by atoms with E-state index in [0.29, 0.717) is 5.92 Å². The van der Waals surface area contributed by atoms with Crippen LogP contribution in [0.5, 0.6) is 5.75 Å². The molecule has 2 heterocycles. The lowest BCUT2D eigenvalue weighted by Gasteiger charge is -2.26. The van der Waals surface area contributed by atoms with Crippen LogP contribution in [-0.2, 0) is 0 Å². The van der Waals surface area contributed by atoms with Crippen LogP contribution in [0.15, 0.2) is 28.4 Å². The third kappa shape index (κ3) is 1.05. The van der Waals surface area contributed by atoms with E-state index in [4.69, 9.17) is 4.74 Å². The Bertz CT molecular complexity index is 400. The van der Waals surface area contributed by atoms with Crippen molar-refractivity contribution in [2.24, 2.45) is 16.1 Å². The van der Waals surface area contributed by atoms with Crippen LogP contribution in [0.3, 0.4) is 0 Å². The molecule has 0 N–H and O–H groups in total. The summed E-state index contributed by atoms with van der Waals surface area (Å²) in [6.45, 7) is 3.65. The summed E-state index contributed by atoms with van der Waals surface area (Å²) in [6.07, 6.45) is 0. The zero-order valence-corrected chi connectivity index (χ0v) is 8.10. The predicted octanol–water partition coefficient (Wildman–Crippen LogP) is 2.51. The average Bonchev–Trinajstić information content (AvgIpc) is 2.65. The van der Waals surface area contributed by atoms with E-state index in [1.54, 1.807) is 0 Å². The Morgan fingerprint density at radius 1 is 1.43 bits per heavy atom. The highest BCUT2D eigenvalue weighted by Crippen LogP contribution is 2.41. The summed E-state index contributed by atoms with van der Waals surface area (Å²) in [5.41, 5.74) is 2.44. The number of benzene rings is 1. The van der Waals surface area contributed by atoms with Crippen molar-refractivity contribution in [1.82, 2.24) is 0 Å². The second kappa shape index (κ2) is 2.80. The molecule has 3 nitrogen and oxygen atoms in total. The Labute approximate surface area is 82.8 Å². The summed E-state index contributed by atoms with van der Waals surface area (Å²) in [7, 11) is 0. The predicted molar refractivity (Wildman–Crippen MR) is 52.6 cm³/mol. The minimum absolute atomic E-state index is 0.249. The summed E-state index contributed by atoms with van der Waals surface area (Å²) in [5.74, 6) is 1.46. The van der Waals surface area contributed by atoms with Crippen LogP contribution >= 0.6 is 0 Å². The molecule has 1 aromatic rings. The first-order valence-electron chi connectivity index (χ1n) is 4.94. The summed E-state index contributed by atoms with van der Waals surface area (Å²) < 4.78 is 5.70. The molecule has 0 aliphatic carbocycles. The molecule has 0 saturated carbocycles. The lowest BCUT2D eigenvalue weighted by atomic mass is 9.92. The fraction of sp³-hybridized carbons (Fsp3) is 0.455. The summed E-state index contributed by atoms with van der Waals surface area (Å²) in [6, 6.07) is 6.56. The largest absolute Gasteiger partial charge is 0.493 e. The van der Waals surface area contributed by atoms with Gasteiger partial charge in [-0.15, -0.1) is 0 Å². The molecule has 0 bridgehead atoms. The van der Waals surface area contributed by atoms with Crippen LogP contribution in [0.1, 0.15) is 17.2 Å². The summed E-state index contributed by atoms with van der Waals surface area (Å²) in [5, 5.41) is 8.37. The first-order valence-corrected chi connectivity index (χ1v) is 4.94. The lowest BCUT2D eigenvalue weighted by molar-refractivity contribution is 0.214. The van der Waals surface area contributed by atoms with E-state index in [1.165, 1.54) is 11.1 Å². The molecule has 2 aliphatic heterocycles. The van der Waals surface area contributed by atoms with Gasteiger partial charge >= 0.3 is 0 Å². The second-order valence-corrected chi connectivity index (χ2v) is 4.00. The van der Waals surface area contributed by atoms with Crippen molar-refractivity contribution >= 4 is 0 Å². The van der Waals surface area contributed by atoms with Crippen molar-refractivity contribution in [1.29, 1.82) is 0 Å². The van der Waals surface area contributed by atoms with Gasteiger partial charge < -0.3 is 4.74 Å². The standard InChI is InChI=1S/C11H12N2O/c1-7-2-3-9-10(4-7)14-6-8-5-12-13-11(8)9/h2-4,8,11H,5-6H2,1H3. The first kappa shape index (κ1) is 7.97. The maximum atomic E-state index is 5.70. The molecule has 2 aliphatic rings. The fourth-order valence-electron chi connectivity index (χ4n) is 2.10. The molecule has 72 valence electrons. The van der Waals surface area contributed by atoms with Crippen molar-refractivity contribution in [3.8, 4) is 5.75 Å². The minimum Gasteiger partial charge on any atom is -0.493 e. The molecule has 14 heavy (non-hydrogen) atoms.